The Morgan fingerprint density at radius 3 is 1.88 bits per heavy atom. The molecular weight excluding hydrogens is 364 g/mol. The molecule has 1 unspecified atom stereocenters. The molecule has 0 aliphatic rings. The van der Waals surface area contributed by atoms with Crippen molar-refractivity contribution in [1.29, 1.82) is 0 Å². The molecule has 3 rings (SSSR count). The summed E-state index contributed by atoms with van der Waals surface area (Å²) in [6.45, 7) is 3.91. The van der Waals surface area contributed by atoms with Crippen LogP contribution in [0.1, 0.15) is 11.1 Å². The molecule has 0 aliphatic heterocycles. The second-order valence-electron chi connectivity index (χ2n) is 5.93. The summed E-state index contributed by atoms with van der Waals surface area (Å²) in [4.78, 5) is 1.01. The average Bonchev–Trinajstić information content (AvgIpc) is 2.63. The molecule has 4 nitrogen and oxygen atoms in total. The van der Waals surface area contributed by atoms with E-state index in [9.17, 15) is 8.42 Å². The molecule has 0 aliphatic carbocycles. The third-order valence-electron chi connectivity index (χ3n) is 3.72. The minimum atomic E-state index is -3.78. The Morgan fingerprint density at radius 1 is 0.769 bits per heavy atom. The fourth-order valence-electron chi connectivity index (χ4n) is 2.26. The third kappa shape index (κ3) is 4.59. The zero-order valence-corrected chi connectivity index (χ0v) is 16.2. The van der Waals surface area contributed by atoms with Gasteiger partial charge in [0.05, 0.1) is 4.90 Å². The summed E-state index contributed by atoms with van der Waals surface area (Å²) in [7, 11) is -4.82. The summed E-state index contributed by atoms with van der Waals surface area (Å²) in [5.41, 5.74) is 2.93. The standard InChI is InChI=1S/C20H20N2O2S2/c1-16-8-12-19(13-9-16)25(21-18-6-4-3-5-7-18)22-26(23,24)20-14-10-17(2)11-15-20/h3-15H,1-2H3,(H,21,22). The number of para-hydroxylation sites is 1. The van der Waals surface area contributed by atoms with Crippen LogP contribution in [-0.4, -0.2) is 8.42 Å². The van der Waals surface area contributed by atoms with Gasteiger partial charge in [-0.1, -0.05) is 53.6 Å². The average molecular weight is 385 g/mol. The van der Waals surface area contributed by atoms with Crippen LogP contribution >= 0.6 is 0 Å². The lowest BCUT2D eigenvalue weighted by Crippen LogP contribution is -2.08. The Hall–Kier alpha value is -2.44. The zero-order chi connectivity index (χ0) is 18.6. The van der Waals surface area contributed by atoms with Crippen LogP contribution in [0, 0.1) is 13.8 Å². The van der Waals surface area contributed by atoms with E-state index in [0.29, 0.717) is 0 Å². The molecule has 0 radical (unpaired) electrons. The number of hydrogen-bond acceptors (Lipinski definition) is 2. The fraction of sp³-hybridized carbons (Fsp3) is 0.100. The third-order valence-corrected chi connectivity index (χ3v) is 7.12. The van der Waals surface area contributed by atoms with Gasteiger partial charge in [-0.25, -0.2) is 0 Å². The van der Waals surface area contributed by atoms with Gasteiger partial charge in [0.1, 0.15) is 0 Å². The Kier molecular flexibility index (Phi) is 5.54. The molecular formula is C20H20N2O2S2. The van der Waals surface area contributed by atoms with E-state index in [1.54, 1.807) is 24.3 Å². The van der Waals surface area contributed by atoms with E-state index in [1.807, 2.05) is 68.4 Å². The van der Waals surface area contributed by atoms with Crippen LogP contribution in [0.5, 0.6) is 0 Å². The van der Waals surface area contributed by atoms with Gasteiger partial charge in [0.25, 0.3) is 10.0 Å². The molecule has 6 heteroatoms. The Labute approximate surface area is 157 Å². The predicted octanol–water partition coefficient (Wildman–Crippen LogP) is 4.88. The van der Waals surface area contributed by atoms with Crippen LogP contribution in [0.25, 0.3) is 0 Å². The highest BCUT2D eigenvalue weighted by Gasteiger charge is 2.15. The second-order valence-corrected chi connectivity index (χ2v) is 9.19. The molecule has 1 atom stereocenters. The molecule has 0 spiro atoms. The van der Waals surface area contributed by atoms with Crippen molar-refractivity contribution >= 4 is 26.6 Å². The van der Waals surface area contributed by atoms with Crippen molar-refractivity contribution in [2.24, 2.45) is 3.77 Å². The first kappa shape index (κ1) is 18.4. The van der Waals surface area contributed by atoms with Gasteiger partial charge in [-0.2, -0.15) is 8.42 Å². The molecule has 0 amide bonds. The number of rotatable bonds is 5. The van der Waals surface area contributed by atoms with Crippen LogP contribution in [0.2, 0.25) is 0 Å². The van der Waals surface area contributed by atoms with Gasteiger partial charge < -0.3 is 4.72 Å². The van der Waals surface area contributed by atoms with E-state index in [1.165, 1.54) is 0 Å². The summed E-state index contributed by atoms with van der Waals surface area (Å²) in [6.07, 6.45) is 0. The molecule has 134 valence electrons. The first-order valence-corrected chi connectivity index (χ1v) is 10.7. The quantitative estimate of drug-likeness (QED) is 0.682. The monoisotopic (exact) mass is 384 g/mol. The van der Waals surface area contributed by atoms with E-state index < -0.39 is 20.9 Å². The summed E-state index contributed by atoms with van der Waals surface area (Å²) >= 11 is 0. The highest BCUT2D eigenvalue weighted by Crippen LogP contribution is 2.20. The smallest absolute Gasteiger partial charge is 0.289 e. The van der Waals surface area contributed by atoms with Crippen LogP contribution in [0.3, 0.4) is 0 Å². The minimum absolute atomic E-state index is 0.197. The van der Waals surface area contributed by atoms with Crippen molar-refractivity contribution in [1.82, 2.24) is 0 Å². The van der Waals surface area contributed by atoms with Gasteiger partial charge in [-0.3, -0.25) is 0 Å². The van der Waals surface area contributed by atoms with Crippen molar-refractivity contribution in [3.05, 3.63) is 90.0 Å². The largest absolute Gasteiger partial charge is 0.317 e. The van der Waals surface area contributed by atoms with Gasteiger partial charge in [0.15, 0.2) is 0 Å². The van der Waals surface area contributed by atoms with Gasteiger partial charge in [-0.05, 0) is 50.2 Å². The van der Waals surface area contributed by atoms with E-state index in [2.05, 4.69) is 8.49 Å². The van der Waals surface area contributed by atoms with Crippen LogP contribution in [0.4, 0.5) is 5.69 Å². The molecule has 1 N–H and O–H groups in total. The lowest BCUT2D eigenvalue weighted by molar-refractivity contribution is 0.598. The highest BCUT2D eigenvalue weighted by molar-refractivity contribution is 8.00. The second kappa shape index (κ2) is 7.85. The van der Waals surface area contributed by atoms with Crippen molar-refractivity contribution in [2.45, 2.75) is 23.6 Å². The molecule has 0 fully saturated rings. The molecule has 0 heterocycles. The van der Waals surface area contributed by atoms with E-state index in [0.717, 1.165) is 21.7 Å². The summed E-state index contributed by atoms with van der Waals surface area (Å²) in [5.74, 6) is 0. The van der Waals surface area contributed by atoms with Gasteiger partial charge in [-0.15, -0.1) is 3.77 Å². The zero-order valence-electron chi connectivity index (χ0n) is 14.6. The number of benzene rings is 3. The molecule has 26 heavy (non-hydrogen) atoms. The predicted molar refractivity (Wildman–Crippen MR) is 108 cm³/mol. The Bertz CT molecular complexity index is 1010. The number of hydrogen-bond donors (Lipinski definition) is 1. The molecule has 0 aromatic heterocycles. The lowest BCUT2D eigenvalue weighted by Gasteiger charge is -2.12. The molecule has 0 saturated carbocycles. The summed E-state index contributed by atoms with van der Waals surface area (Å²) in [5, 5.41) is 0. The number of nitrogens with zero attached hydrogens (tertiary/aromatic N) is 1. The molecule has 3 aromatic rings. The van der Waals surface area contributed by atoms with E-state index >= 15 is 0 Å². The number of anilines is 1. The SMILES string of the molecule is Cc1ccc(S(=NS(=O)(=O)c2ccc(C)cc2)Nc2ccccc2)cc1. The van der Waals surface area contributed by atoms with Crippen molar-refractivity contribution in [3.63, 3.8) is 0 Å². The number of aryl methyl sites for hydroxylation is 2. The highest BCUT2D eigenvalue weighted by atomic mass is 32.3. The maximum absolute atomic E-state index is 12.8. The topological polar surface area (TPSA) is 58.5 Å². The van der Waals surface area contributed by atoms with Crippen LogP contribution < -0.4 is 4.72 Å². The Balaban J connectivity index is 2.05. The van der Waals surface area contributed by atoms with Crippen molar-refractivity contribution in [3.8, 4) is 0 Å². The summed E-state index contributed by atoms with van der Waals surface area (Å²) < 4.78 is 33.0. The first-order chi connectivity index (χ1) is 12.4. The van der Waals surface area contributed by atoms with Gasteiger partial charge >= 0.3 is 0 Å². The lowest BCUT2D eigenvalue weighted by atomic mass is 10.2. The van der Waals surface area contributed by atoms with Gasteiger partial charge in [0.2, 0.25) is 0 Å². The Morgan fingerprint density at radius 2 is 1.31 bits per heavy atom. The molecule has 0 saturated heterocycles. The molecule has 0 bridgehead atoms. The van der Waals surface area contributed by atoms with Crippen molar-refractivity contribution in [2.75, 3.05) is 4.72 Å². The minimum Gasteiger partial charge on any atom is -0.317 e. The number of nitrogens with one attached hydrogen (secondary N) is 1. The van der Waals surface area contributed by atoms with E-state index in [-0.39, 0.29) is 4.90 Å². The van der Waals surface area contributed by atoms with E-state index in [4.69, 9.17) is 0 Å². The van der Waals surface area contributed by atoms with Crippen LogP contribution in [-0.2, 0) is 20.9 Å². The summed E-state index contributed by atoms with van der Waals surface area (Å²) in [6, 6.07) is 23.9. The maximum Gasteiger partial charge on any atom is 0.289 e. The molecule has 3 aromatic carbocycles. The fourth-order valence-corrected chi connectivity index (χ4v) is 5.23. The van der Waals surface area contributed by atoms with Crippen molar-refractivity contribution < 1.29 is 8.42 Å². The van der Waals surface area contributed by atoms with Gasteiger partial charge in [0, 0.05) is 21.5 Å². The number of sulfonamides is 1. The van der Waals surface area contributed by atoms with Crippen LogP contribution in [0.15, 0.2) is 92.4 Å². The first-order valence-electron chi connectivity index (χ1n) is 8.11. The maximum atomic E-state index is 12.8. The normalized spacial score (nSPS) is 12.7.